The van der Waals surface area contributed by atoms with Crippen molar-refractivity contribution in [3.8, 4) is 28.7 Å². The highest BCUT2D eigenvalue weighted by Gasteiger charge is 2.41. The highest BCUT2D eigenvalue weighted by molar-refractivity contribution is 6.06. The molecular formula is C57H75N9O12. The topological polar surface area (TPSA) is 257 Å². The van der Waals surface area contributed by atoms with Gasteiger partial charge in [0.1, 0.15) is 17.8 Å². The van der Waals surface area contributed by atoms with E-state index in [9.17, 15) is 33.6 Å². The number of hydrazine groups is 1. The van der Waals surface area contributed by atoms with Gasteiger partial charge in [-0.1, -0.05) is 52.8 Å². The molecule has 21 heteroatoms. The van der Waals surface area contributed by atoms with Crippen LogP contribution < -0.4 is 55.8 Å². The number of fused-ring (bicyclic) bond motifs is 2. The molecule has 0 bridgehead atoms. The molecule has 78 heavy (non-hydrogen) atoms. The number of imide groups is 1. The maximum atomic E-state index is 13.9. The van der Waals surface area contributed by atoms with E-state index in [-0.39, 0.29) is 96.5 Å². The summed E-state index contributed by atoms with van der Waals surface area (Å²) in [6, 6.07) is 11.1. The number of carbonyl (C=O) groups is 7. The van der Waals surface area contributed by atoms with Crippen molar-refractivity contribution in [2.75, 3.05) is 46.5 Å². The molecule has 6 N–H and O–H groups in total. The number of carbonyl (C=O) groups excluding carboxylic acids is 7. The lowest BCUT2D eigenvalue weighted by molar-refractivity contribution is -0.139. The van der Waals surface area contributed by atoms with Crippen LogP contribution >= 0.6 is 0 Å². The van der Waals surface area contributed by atoms with Gasteiger partial charge in [0.2, 0.25) is 23.6 Å². The summed E-state index contributed by atoms with van der Waals surface area (Å²) in [7, 11) is 4.52. The van der Waals surface area contributed by atoms with E-state index in [1.807, 2.05) is 51.2 Å². The van der Waals surface area contributed by atoms with E-state index in [4.69, 9.17) is 23.7 Å². The number of ether oxygens (including phenoxy) is 5. The lowest BCUT2D eigenvalue weighted by Gasteiger charge is -2.31. The lowest BCUT2D eigenvalue weighted by atomic mass is 9.94. The number of nitrogens with one attached hydrogen (secondary N) is 6. The molecule has 0 aliphatic carbocycles. The molecule has 4 atom stereocenters. The largest absolute Gasteiger partial charge is 0.497 e. The molecule has 6 rings (SSSR count). The second-order valence-corrected chi connectivity index (χ2v) is 19.9. The second-order valence-electron chi connectivity index (χ2n) is 19.9. The van der Waals surface area contributed by atoms with Gasteiger partial charge >= 0.3 is 0 Å². The Kier molecular flexibility index (Phi) is 20.8. The SMILES string of the molecule is C=CNC(=O)c1cc(OC)c(OCCCOc2cc3c(cc2OC)C(=O)N2C=C(c4ccc(OC)cc4)CC2C=N3)cc1NNC(=O)[C@H](C)NC(=O)[C@@H](NC(=O)CCCCCN1C(=O)CC(NC(C)(CC)CC)C1=O)C(C)C. The van der Waals surface area contributed by atoms with Crippen LogP contribution in [-0.4, -0.2) is 128 Å². The van der Waals surface area contributed by atoms with Crippen LogP contribution in [0.15, 0.2) is 72.5 Å². The summed E-state index contributed by atoms with van der Waals surface area (Å²) in [5.74, 6) is -1.20. The highest BCUT2D eigenvalue weighted by atomic mass is 16.5. The van der Waals surface area contributed by atoms with Gasteiger partial charge in [-0.15, -0.1) is 0 Å². The molecule has 1 saturated heterocycles. The van der Waals surface area contributed by atoms with Crippen LogP contribution in [0.4, 0.5) is 11.4 Å². The average molecular weight is 1080 g/mol. The molecule has 3 aromatic rings. The van der Waals surface area contributed by atoms with E-state index in [0.717, 1.165) is 29.7 Å². The van der Waals surface area contributed by atoms with Crippen molar-refractivity contribution in [3.63, 3.8) is 0 Å². The van der Waals surface area contributed by atoms with Crippen LogP contribution in [0.5, 0.6) is 28.7 Å². The molecule has 0 saturated carbocycles. The molecule has 0 radical (unpaired) electrons. The molecule has 7 amide bonds. The summed E-state index contributed by atoms with van der Waals surface area (Å²) in [6.07, 6.45) is 9.30. The minimum atomic E-state index is -1.09. The molecular weight excluding hydrogens is 1000 g/mol. The zero-order chi connectivity index (χ0) is 56.7. The van der Waals surface area contributed by atoms with Gasteiger partial charge < -0.3 is 49.9 Å². The van der Waals surface area contributed by atoms with Gasteiger partial charge in [0.05, 0.1) is 75.5 Å². The average Bonchev–Trinajstić information content (AvgIpc) is 3.97. The van der Waals surface area contributed by atoms with Crippen LogP contribution in [-0.2, 0) is 24.0 Å². The summed E-state index contributed by atoms with van der Waals surface area (Å²) >= 11 is 0. The maximum absolute atomic E-state index is 13.9. The quantitative estimate of drug-likeness (QED) is 0.0252. The molecule has 3 aromatic carbocycles. The van der Waals surface area contributed by atoms with Crippen LogP contribution in [0.1, 0.15) is 126 Å². The van der Waals surface area contributed by atoms with Crippen LogP contribution in [0.2, 0.25) is 0 Å². The van der Waals surface area contributed by atoms with Crippen LogP contribution in [0, 0.1) is 5.92 Å². The predicted octanol–water partition coefficient (Wildman–Crippen LogP) is 6.35. The van der Waals surface area contributed by atoms with Gasteiger partial charge in [0.15, 0.2) is 23.0 Å². The number of aliphatic imine (C=N–C) groups is 1. The molecule has 420 valence electrons. The summed E-state index contributed by atoms with van der Waals surface area (Å²) in [5.41, 5.74) is 8.09. The third-order valence-corrected chi connectivity index (χ3v) is 14.2. The summed E-state index contributed by atoms with van der Waals surface area (Å²) in [4.78, 5) is 100. The Morgan fingerprint density at radius 3 is 2.14 bits per heavy atom. The van der Waals surface area contributed by atoms with E-state index in [2.05, 4.69) is 43.7 Å². The van der Waals surface area contributed by atoms with Gasteiger partial charge in [-0.25, -0.2) is 0 Å². The van der Waals surface area contributed by atoms with Crippen molar-refractivity contribution in [2.24, 2.45) is 10.9 Å². The first-order valence-corrected chi connectivity index (χ1v) is 26.5. The summed E-state index contributed by atoms with van der Waals surface area (Å²) in [5, 5.41) is 11.3. The Morgan fingerprint density at radius 1 is 0.821 bits per heavy atom. The molecule has 3 heterocycles. The molecule has 21 nitrogen and oxygen atoms in total. The molecule has 0 spiro atoms. The molecule has 0 aromatic heterocycles. The highest BCUT2D eigenvalue weighted by Crippen LogP contribution is 2.40. The summed E-state index contributed by atoms with van der Waals surface area (Å²) < 4.78 is 28.7. The molecule has 3 aliphatic rings. The van der Waals surface area contributed by atoms with E-state index in [1.54, 1.807) is 44.2 Å². The van der Waals surface area contributed by atoms with Crippen molar-refractivity contribution in [3.05, 3.63) is 84.2 Å². The van der Waals surface area contributed by atoms with E-state index >= 15 is 0 Å². The Hall–Kier alpha value is -7.94. The zero-order valence-corrected chi connectivity index (χ0v) is 46.2. The summed E-state index contributed by atoms with van der Waals surface area (Å²) in [6.45, 7) is 15.3. The Morgan fingerprint density at radius 2 is 1.50 bits per heavy atom. The minimum absolute atomic E-state index is 0.0681. The second kappa shape index (κ2) is 27.4. The smallest absolute Gasteiger partial charge is 0.260 e. The first-order valence-electron chi connectivity index (χ1n) is 26.5. The van der Waals surface area contributed by atoms with E-state index < -0.39 is 35.8 Å². The maximum Gasteiger partial charge on any atom is 0.260 e. The number of benzene rings is 3. The molecule has 2 unspecified atom stereocenters. The minimum Gasteiger partial charge on any atom is -0.497 e. The van der Waals surface area contributed by atoms with Crippen LogP contribution in [0.3, 0.4) is 0 Å². The first-order chi connectivity index (χ1) is 37.4. The zero-order valence-electron chi connectivity index (χ0n) is 46.2. The fourth-order valence-corrected chi connectivity index (χ4v) is 9.12. The number of hydrogen-bond donors (Lipinski definition) is 6. The van der Waals surface area contributed by atoms with Gasteiger partial charge in [-0.05, 0) is 87.1 Å². The van der Waals surface area contributed by atoms with Crippen molar-refractivity contribution in [1.82, 2.24) is 36.5 Å². The number of unbranched alkanes of at least 4 members (excludes halogenated alkanes) is 2. The molecule has 3 aliphatic heterocycles. The van der Waals surface area contributed by atoms with Crippen molar-refractivity contribution in [2.45, 2.75) is 129 Å². The third kappa shape index (κ3) is 14.7. The normalized spacial score (nSPS) is 16.5. The Balaban J connectivity index is 0.987. The Bertz CT molecular complexity index is 2760. The number of amides is 7. The lowest BCUT2D eigenvalue weighted by Crippen LogP contribution is -2.55. The number of hydrogen-bond acceptors (Lipinski definition) is 15. The number of anilines is 1. The van der Waals surface area contributed by atoms with Gasteiger partial charge in [-0.2, -0.15) is 0 Å². The fraction of sp³-hybridized carbons (Fsp3) is 0.474. The number of rotatable bonds is 29. The number of likely N-dealkylation sites (tertiary alicyclic amines) is 1. The standard InChI is InChI=1S/C57H75N9O12/c1-11-57(7,12-2)62-44-31-50(68)65(56(44)73)23-16-14-15-18-49(67)61-51(34(4)5)54(71)60-35(6)52(69)64-63-43-30-48(45(75-9)27-40(43)53(70)58-13-3)78-25-17-24-77-47-29-42-41(28-46(47)76-10)55(72)66-33-37(26-38(66)32-59-42)36-19-21-39(74-8)22-20-36/h13,19-22,27-30,32-35,38,44,51,62-63H,3,11-12,14-18,23-26,31H2,1-2,4-10H3,(H,58,70)(H,60,71)(H,61,67)(H,64,69)/t35-,38?,44?,51-/m0/s1. The number of nitrogens with zero attached hydrogens (tertiary/aromatic N) is 3. The van der Waals surface area contributed by atoms with Crippen molar-refractivity contribution >= 4 is 64.5 Å². The predicted molar refractivity (Wildman–Crippen MR) is 295 cm³/mol. The monoisotopic (exact) mass is 1080 g/mol. The third-order valence-electron chi connectivity index (χ3n) is 14.2. The first kappa shape index (κ1) is 59.3. The Labute approximate surface area is 456 Å². The molecule has 1 fully saturated rings. The van der Waals surface area contributed by atoms with Gasteiger partial charge in [0, 0.05) is 55.9 Å². The van der Waals surface area contributed by atoms with Gasteiger partial charge in [0.25, 0.3) is 17.7 Å². The van der Waals surface area contributed by atoms with E-state index in [0.29, 0.717) is 54.9 Å². The van der Waals surface area contributed by atoms with Crippen LogP contribution in [0.25, 0.3) is 5.57 Å². The van der Waals surface area contributed by atoms with Crippen molar-refractivity contribution < 1.29 is 57.2 Å². The van der Waals surface area contributed by atoms with Crippen molar-refractivity contribution in [1.29, 1.82) is 0 Å². The van der Waals surface area contributed by atoms with E-state index in [1.165, 1.54) is 44.4 Å². The fourth-order valence-electron chi connectivity index (χ4n) is 9.12. The number of methoxy groups -OCH3 is 3. The van der Waals surface area contributed by atoms with Gasteiger partial charge in [-0.3, -0.25) is 54.3 Å².